The van der Waals surface area contributed by atoms with E-state index in [0.717, 1.165) is 28.7 Å². The number of aliphatic carboxylic acids is 1. The standard InChI is InChI=1S/C16H14O3/c1-12-11-13(8-10-16(17)18)7-9-15(12)19-14-5-3-2-4-6-14/h2-11H,1H3,(H,17,18). The van der Waals surface area contributed by atoms with Crippen LogP contribution in [0.15, 0.2) is 54.6 Å². The lowest BCUT2D eigenvalue weighted by atomic mass is 10.1. The van der Waals surface area contributed by atoms with Gasteiger partial charge in [-0.3, -0.25) is 0 Å². The van der Waals surface area contributed by atoms with E-state index in [4.69, 9.17) is 9.84 Å². The molecule has 0 unspecified atom stereocenters. The van der Waals surface area contributed by atoms with Crippen LogP contribution in [0.4, 0.5) is 0 Å². The number of ether oxygens (including phenoxy) is 1. The molecule has 0 aromatic heterocycles. The van der Waals surface area contributed by atoms with Crippen LogP contribution >= 0.6 is 0 Å². The molecule has 2 aromatic rings. The highest BCUT2D eigenvalue weighted by atomic mass is 16.5. The Balaban J connectivity index is 2.18. The molecular formula is C16H14O3. The molecule has 0 fully saturated rings. The molecule has 0 aliphatic carbocycles. The van der Waals surface area contributed by atoms with Crippen LogP contribution in [0.1, 0.15) is 11.1 Å². The lowest BCUT2D eigenvalue weighted by Gasteiger charge is -2.09. The van der Waals surface area contributed by atoms with Crippen LogP contribution in [0.5, 0.6) is 11.5 Å². The monoisotopic (exact) mass is 254 g/mol. The number of carboxylic acids is 1. The summed E-state index contributed by atoms with van der Waals surface area (Å²) in [5.41, 5.74) is 1.79. The molecule has 0 saturated carbocycles. The molecule has 2 rings (SSSR count). The second-order valence-electron chi connectivity index (χ2n) is 4.11. The van der Waals surface area contributed by atoms with E-state index < -0.39 is 5.97 Å². The number of rotatable bonds is 4. The van der Waals surface area contributed by atoms with Gasteiger partial charge in [0.05, 0.1) is 0 Å². The van der Waals surface area contributed by atoms with Gasteiger partial charge in [0.25, 0.3) is 0 Å². The Morgan fingerprint density at radius 1 is 1.16 bits per heavy atom. The van der Waals surface area contributed by atoms with E-state index in [1.807, 2.05) is 55.5 Å². The van der Waals surface area contributed by atoms with Crippen molar-refractivity contribution in [2.75, 3.05) is 0 Å². The zero-order valence-corrected chi connectivity index (χ0v) is 10.5. The van der Waals surface area contributed by atoms with Crippen LogP contribution in [-0.2, 0) is 4.79 Å². The summed E-state index contributed by atoms with van der Waals surface area (Å²) in [5.74, 6) is 0.584. The van der Waals surface area contributed by atoms with Crippen LogP contribution in [0.25, 0.3) is 6.08 Å². The average molecular weight is 254 g/mol. The minimum Gasteiger partial charge on any atom is -0.478 e. The molecule has 0 radical (unpaired) electrons. The van der Waals surface area contributed by atoms with Gasteiger partial charge in [0.1, 0.15) is 11.5 Å². The maximum atomic E-state index is 10.5. The van der Waals surface area contributed by atoms with Gasteiger partial charge in [-0.1, -0.05) is 24.3 Å². The van der Waals surface area contributed by atoms with E-state index >= 15 is 0 Å². The Hall–Kier alpha value is -2.55. The first-order chi connectivity index (χ1) is 9.15. The Morgan fingerprint density at radius 2 is 1.89 bits per heavy atom. The molecule has 3 nitrogen and oxygen atoms in total. The average Bonchev–Trinajstić information content (AvgIpc) is 2.40. The normalized spacial score (nSPS) is 10.6. The van der Waals surface area contributed by atoms with Crippen molar-refractivity contribution in [1.82, 2.24) is 0 Å². The summed E-state index contributed by atoms with van der Waals surface area (Å²) in [6, 6.07) is 15.1. The first-order valence-electron chi connectivity index (χ1n) is 5.90. The SMILES string of the molecule is Cc1cc(C=CC(=O)O)ccc1Oc1ccccc1. The van der Waals surface area contributed by atoms with Gasteiger partial charge in [0.15, 0.2) is 0 Å². The van der Waals surface area contributed by atoms with E-state index in [0.29, 0.717) is 0 Å². The molecule has 19 heavy (non-hydrogen) atoms. The Kier molecular flexibility index (Phi) is 3.98. The van der Waals surface area contributed by atoms with Gasteiger partial charge in [0.2, 0.25) is 0 Å². The Bertz CT molecular complexity index is 601. The van der Waals surface area contributed by atoms with Crippen LogP contribution in [0.3, 0.4) is 0 Å². The van der Waals surface area contributed by atoms with Crippen molar-refractivity contribution < 1.29 is 14.6 Å². The highest BCUT2D eigenvalue weighted by Gasteiger charge is 2.01. The molecule has 0 aliphatic rings. The lowest BCUT2D eigenvalue weighted by Crippen LogP contribution is -1.89. The number of hydrogen-bond donors (Lipinski definition) is 1. The summed E-state index contributed by atoms with van der Waals surface area (Å²) >= 11 is 0. The fourth-order valence-corrected chi connectivity index (χ4v) is 1.67. The molecule has 0 bridgehead atoms. The van der Waals surface area contributed by atoms with Crippen molar-refractivity contribution in [3.05, 3.63) is 65.7 Å². The maximum Gasteiger partial charge on any atom is 0.328 e. The molecule has 0 aliphatic heterocycles. The van der Waals surface area contributed by atoms with Crippen LogP contribution in [0, 0.1) is 6.92 Å². The highest BCUT2D eigenvalue weighted by Crippen LogP contribution is 2.25. The summed E-state index contributed by atoms with van der Waals surface area (Å²) in [5, 5.41) is 8.58. The molecule has 0 heterocycles. The molecule has 96 valence electrons. The van der Waals surface area contributed by atoms with Gasteiger partial charge < -0.3 is 9.84 Å². The van der Waals surface area contributed by atoms with Crippen molar-refractivity contribution in [1.29, 1.82) is 0 Å². The van der Waals surface area contributed by atoms with E-state index in [-0.39, 0.29) is 0 Å². The summed E-state index contributed by atoms with van der Waals surface area (Å²) in [6.07, 6.45) is 2.67. The van der Waals surface area contributed by atoms with Crippen LogP contribution in [0.2, 0.25) is 0 Å². The number of benzene rings is 2. The van der Waals surface area contributed by atoms with Gasteiger partial charge in [-0.25, -0.2) is 4.79 Å². The zero-order chi connectivity index (χ0) is 13.7. The van der Waals surface area contributed by atoms with Crippen molar-refractivity contribution >= 4 is 12.0 Å². The minimum absolute atomic E-state index is 0.763. The molecule has 0 spiro atoms. The second kappa shape index (κ2) is 5.87. The smallest absolute Gasteiger partial charge is 0.328 e. The Labute approximate surface area is 111 Å². The largest absolute Gasteiger partial charge is 0.478 e. The van der Waals surface area contributed by atoms with E-state index in [9.17, 15) is 4.79 Å². The topological polar surface area (TPSA) is 46.5 Å². The van der Waals surface area contributed by atoms with Gasteiger partial charge >= 0.3 is 5.97 Å². The summed E-state index contributed by atoms with van der Waals surface area (Å²) < 4.78 is 5.75. The predicted molar refractivity (Wildman–Crippen MR) is 74.4 cm³/mol. The number of hydrogen-bond acceptors (Lipinski definition) is 2. The zero-order valence-electron chi connectivity index (χ0n) is 10.5. The van der Waals surface area contributed by atoms with Crippen molar-refractivity contribution in [2.24, 2.45) is 0 Å². The van der Waals surface area contributed by atoms with Crippen molar-refractivity contribution in [3.8, 4) is 11.5 Å². The fourth-order valence-electron chi connectivity index (χ4n) is 1.67. The highest BCUT2D eigenvalue weighted by molar-refractivity contribution is 5.85. The quantitative estimate of drug-likeness (QED) is 0.842. The maximum absolute atomic E-state index is 10.5. The van der Waals surface area contributed by atoms with Crippen LogP contribution < -0.4 is 4.74 Å². The first-order valence-corrected chi connectivity index (χ1v) is 5.90. The summed E-state index contributed by atoms with van der Waals surface area (Å²) in [4.78, 5) is 10.5. The summed E-state index contributed by atoms with van der Waals surface area (Å²) in [7, 11) is 0. The van der Waals surface area contributed by atoms with Crippen molar-refractivity contribution in [2.45, 2.75) is 6.92 Å². The summed E-state index contributed by atoms with van der Waals surface area (Å²) in [6.45, 7) is 1.93. The molecule has 3 heteroatoms. The molecular weight excluding hydrogens is 240 g/mol. The van der Waals surface area contributed by atoms with Gasteiger partial charge in [-0.2, -0.15) is 0 Å². The van der Waals surface area contributed by atoms with Gasteiger partial charge in [-0.15, -0.1) is 0 Å². The fraction of sp³-hybridized carbons (Fsp3) is 0.0625. The third-order valence-corrected chi connectivity index (χ3v) is 2.59. The third kappa shape index (κ3) is 3.71. The predicted octanol–water partition coefficient (Wildman–Crippen LogP) is 3.89. The van der Waals surface area contributed by atoms with E-state index in [1.54, 1.807) is 6.08 Å². The minimum atomic E-state index is -0.956. The van der Waals surface area contributed by atoms with Gasteiger partial charge in [0, 0.05) is 6.08 Å². The first kappa shape index (κ1) is 12.9. The van der Waals surface area contributed by atoms with Crippen LogP contribution in [-0.4, -0.2) is 11.1 Å². The molecule has 0 atom stereocenters. The molecule has 2 aromatic carbocycles. The molecule has 0 saturated heterocycles. The van der Waals surface area contributed by atoms with Crippen molar-refractivity contribution in [3.63, 3.8) is 0 Å². The van der Waals surface area contributed by atoms with E-state index in [2.05, 4.69) is 0 Å². The Morgan fingerprint density at radius 3 is 2.53 bits per heavy atom. The lowest BCUT2D eigenvalue weighted by molar-refractivity contribution is -0.131. The van der Waals surface area contributed by atoms with Gasteiger partial charge in [-0.05, 0) is 48.4 Å². The number of carbonyl (C=O) groups is 1. The second-order valence-corrected chi connectivity index (χ2v) is 4.11. The number of carboxylic acid groups (broad SMARTS) is 1. The third-order valence-electron chi connectivity index (χ3n) is 2.59. The number of aryl methyl sites for hydroxylation is 1. The molecule has 1 N–H and O–H groups in total. The number of para-hydroxylation sites is 1. The van der Waals surface area contributed by atoms with E-state index in [1.165, 1.54) is 0 Å². The molecule has 0 amide bonds.